The van der Waals surface area contributed by atoms with Gasteiger partial charge in [0.05, 0.1) is 6.20 Å². The number of rotatable bonds is 3. The molecule has 2 N–H and O–H groups in total. The van der Waals surface area contributed by atoms with Crippen molar-refractivity contribution in [3.63, 3.8) is 0 Å². The van der Waals surface area contributed by atoms with Crippen molar-refractivity contribution in [2.75, 3.05) is 0 Å². The number of nitrogens with two attached hydrogens (primary N) is 1. The van der Waals surface area contributed by atoms with Crippen molar-refractivity contribution >= 4 is 15.9 Å². The summed E-state index contributed by atoms with van der Waals surface area (Å²) in [6, 6.07) is 3.74. The van der Waals surface area contributed by atoms with Crippen LogP contribution in [0, 0.1) is 13.8 Å². The minimum Gasteiger partial charge on any atom is -0.455 e. The molecule has 4 nitrogen and oxygen atoms in total. The van der Waals surface area contributed by atoms with Crippen molar-refractivity contribution in [3.8, 4) is 11.5 Å². The van der Waals surface area contributed by atoms with Crippen molar-refractivity contribution in [2.24, 2.45) is 5.73 Å². The summed E-state index contributed by atoms with van der Waals surface area (Å²) in [7, 11) is 0. The second kappa shape index (κ2) is 5.46. The number of halogens is 1. The van der Waals surface area contributed by atoms with Crippen LogP contribution in [0.2, 0.25) is 0 Å². The van der Waals surface area contributed by atoms with Crippen molar-refractivity contribution < 1.29 is 4.74 Å². The van der Waals surface area contributed by atoms with E-state index in [1.54, 1.807) is 12.4 Å². The lowest BCUT2D eigenvalue weighted by molar-refractivity contribution is 0.471. The number of hydrogen-bond donors (Lipinski definition) is 1. The maximum absolute atomic E-state index is 5.83. The van der Waals surface area contributed by atoms with Crippen LogP contribution in [0.25, 0.3) is 0 Å². The molecule has 2 aromatic heterocycles. The number of ether oxygens (including phenoxy) is 1. The Morgan fingerprint density at radius 3 is 2.72 bits per heavy atom. The summed E-state index contributed by atoms with van der Waals surface area (Å²) in [4.78, 5) is 8.44. The summed E-state index contributed by atoms with van der Waals surface area (Å²) in [5.41, 5.74) is 8.46. The zero-order valence-corrected chi connectivity index (χ0v) is 11.9. The van der Waals surface area contributed by atoms with Crippen LogP contribution in [0.5, 0.6) is 11.5 Å². The van der Waals surface area contributed by atoms with Crippen LogP contribution in [0.15, 0.2) is 29.0 Å². The molecule has 0 bridgehead atoms. The maximum atomic E-state index is 5.83. The third-order valence-corrected chi connectivity index (χ3v) is 2.96. The van der Waals surface area contributed by atoms with Gasteiger partial charge in [-0.1, -0.05) is 0 Å². The van der Waals surface area contributed by atoms with Gasteiger partial charge in [-0.15, -0.1) is 0 Å². The van der Waals surface area contributed by atoms with E-state index >= 15 is 0 Å². The minimum absolute atomic E-state index is 0.399. The Bertz CT molecular complexity index is 572. The Morgan fingerprint density at radius 2 is 2.06 bits per heavy atom. The summed E-state index contributed by atoms with van der Waals surface area (Å²) in [5, 5.41) is 0. The van der Waals surface area contributed by atoms with E-state index in [-0.39, 0.29) is 0 Å². The van der Waals surface area contributed by atoms with Crippen molar-refractivity contribution in [2.45, 2.75) is 20.4 Å². The standard InChI is InChI=1S/C13H14BrN3O/c1-8-3-13(12(5-15)9(2)17-8)18-11-4-10(14)6-16-7-11/h3-4,6-7H,5,15H2,1-2H3. The lowest BCUT2D eigenvalue weighted by Gasteiger charge is -2.12. The van der Waals surface area contributed by atoms with Gasteiger partial charge in [-0.25, -0.2) is 0 Å². The Hall–Kier alpha value is -1.46. The van der Waals surface area contributed by atoms with Gasteiger partial charge in [-0.05, 0) is 35.8 Å². The Labute approximate surface area is 114 Å². The topological polar surface area (TPSA) is 61.0 Å². The average Bonchev–Trinajstić information content (AvgIpc) is 2.28. The Morgan fingerprint density at radius 1 is 1.28 bits per heavy atom. The van der Waals surface area contributed by atoms with Crippen LogP contribution in [0.3, 0.4) is 0 Å². The predicted octanol–water partition coefficient (Wildman–Crippen LogP) is 3.11. The largest absolute Gasteiger partial charge is 0.455 e. The summed E-state index contributed by atoms with van der Waals surface area (Å²) in [6.07, 6.45) is 3.37. The normalized spacial score (nSPS) is 10.4. The molecule has 94 valence electrons. The van der Waals surface area contributed by atoms with E-state index in [0.717, 1.165) is 27.2 Å². The lowest BCUT2D eigenvalue weighted by Crippen LogP contribution is -2.05. The highest BCUT2D eigenvalue weighted by molar-refractivity contribution is 9.10. The SMILES string of the molecule is Cc1cc(Oc2cncc(Br)c2)c(CN)c(C)n1. The van der Waals surface area contributed by atoms with Gasteiger partial charge >= 0.3 is 0 Å². The Kier molecular flexibility index (Phi) is 3.93. The molecule has 0 aromatic carbocycles. The highest BCUT2D eigenvalue weighted by Gasteiger charge is 2.09. The van der Waals surface area contributed by atoms with E-state index in [1.165, 1.54) is 0 Å². The van der Waals surface area contributed by atoms with Crippen molar-refractivity contribution in [1.29, 1.82) is 0 Å². The number of pyridine rings is 2. The fourth-order valence-corrected chi connectivity index (χ4v) is 2.08. The molecule has 0 unspecified atom stereocenters. The van der Waals surface area contributed by atoms with Gasteiger partial charge in [0.25, 0.3) is 0 Å². The molecule has 0 aliphatic heterocycles. The molecule has 0 aliphatic rings. The molecule has 0 aliphatic carbocycles. The van der Waals surface area contributed by atoms with Crippen LogP contribution in [0.4, 0.5) is 0 Å². The van der Waals surface area contributed by atoms with Crippen LogP contribution in [-0.2, 0) is 6.54 Å². The van der Waals surface area contributed by atoms with Crippen LogP contribution < -0.4 is 10.5 Å². The van der Waals surface area contributed by atoms with Gasteiger partial charge < -0.3 is 10.5 Å². The molecule has 18 heavy (non-hydrogen) atoms. The van der Waals surface area contributed by atoms with Gasteiger partial charge in [0.1, 0.15) is 11.5 Å². The van der Waals surface area contributed by atoms with Gasteiger partial charge in [-0.2, -0.15) is 0 Å². The molecule has 0 atom stereocenters. The summed E-state index contributed by atoms with van der Waals surface area (Å²) in [6.45, 7) is 4.26. The second-order valence-corrected chi connectivity index (χ2v) is 4.89. The third-order valence-electron chi connectivity index (χ3n) is 2.53. The van der Waals surface area contributed by atoms with Gasteiger partial charge in [0.15, 0.2) is 0 Å². The first kappa shape index (κ1) is 13.0. The summed E-state index contributed by atoms with van der Waals surface area (Å²) >= 11 is 3.36. The molecule has 2 heterocycles. The molecule has 0 saturated heterocycles. The first-order valence-corrected chi connectivity index (χ1v) is 6.35. The minimum atomic E-state index is 0.399. The zero-order valence-electron chi connectivity index (χ0n) is 10.3. The fourth-order valence-electron chi connectivity index (χ4n) is 1.73. The number of nitrogens with zero attached hydrogens (tertiary/aromatic N) is 2. The summed E-state index contributed by atoms with van der Waals surface area (Å²) in [5.74, 6) is 1.41. The zero-order chi connectivity index (χ0) is 13.1. The number of hydrogen-bond acceptors (Lipinski definition) is 4. The molecule has 2 rings (SSSR count). The van der Waals surface area contributed by atoms with E-state index in [2.05, 4.69) is 25.9 Å². The maximum Gasteiger partial charge on any atom is 0.146 e. The van der Waals surface area contributed by atoms with Crippen molar-refractivity contribution in [3.05, 3.63) is 46.0 Å². The lowest BCUT2D eigenvalue weighted by atomic mass is 10.1. The number of aryl methyl sites for hydroxylation is 2. The highest BCUT2D eigenvalue weighted by atomic mass is 79.9. The average molecular weight is 308 g/mol. The Balaban J connectivity index is 2.39. The molecular formula is C13H14BrN3O. The van der Waals surface area contributed by atoms with E-state index in [4.69, 9.17) is 10.5 Å². The molecule has 5 heteroatoms. The molecule has 0 fully saturated rings. The second-order valence-electron chi connectivity index (χ2n) is 3.97. The first-order chi connectivity index (χ1) is 8.60. The van der Waals surface area contributed by atoms with E-state index < -0.39 is 0 Å². The molecule has 0 radical (unpaired) electrons. The fraction of sp³-hybridized carbons (Fsp3) is 0.231. The monoisotopic (exact) mass is 307 g/mol. The first-order valence-electron chi connectivity index (χ1n) is 5.55. The molecule has 0 amide bonds. The van der Waals surface area contributed by atoms with Gasteiger partial charge in [-0.3, -0.25) is 9.97 Å². The summed E-state index contributed by atoms with van der Waals surface area (Å²) < 4.78 is 6.70. The van der Waals surface area contributed by atoms with E-state index in [9.17, 15) is 0 Å². The van der Waals surface area contributed by atoms with E-state index in [0.29, 0.717) is 12.3 Å². The van der Waals surface area contributed by atoms with Gasteiger partial charge in [0, 0.05) is 40.2 Å². The quantitative estimate of drug-likeness (QED) is 0.946. The molecule has 0 saturated carbocycles. The van der Waals surface area contributed by atoms with E-state index in [1.807, 2.05) is 26.0 Å². The molecular weight excluding hydrogens is 294 g/mol. The number of aromatic nitrogens is 2. The molecule has 2 aromatic rings. The smallest absolute Gasteiger partial charge is 0.146 e. The van der Waals surface area contributed by atoms with Crippen LogP contribution >= 0.6 is 15.9 Å². The third kappa shape index (κ3) is 2.86. The van der Waals surface area contributed by atoms with Crippen molar-refractivity contribution in [1.82, 2.24) is 9.97 Å². The predicted molar refractivity (Wildman–Crippen MR) is 73.6 cm³/mol. The van der Waals surface area contributed by atoms with Crippen LogP contribution in [0.1, 0.15) is 17.0 Å². The molecule has 0 spiro atoms. The van der Waals surface area contributed by atoms with Gasteiger partial charge in [0.2, 0.25) is 0 Å². The highest BCUT2D eigenvalue weighted by Crippen LogP contribution is 2.28. The van der Waals surface area contributed by atoms with Crippen LogP contribution in [-0.4, -0.2) is 9.97 Å².